The summed E-state index contributed by atoms with van der Waals surface area (Å²) in [6, 6.07) is 17.3. The molecule has 0 fully saturated rings. The summed E-state index contributed by atoms with van der Waals surface area (Å²) in [5.41, 5.74) is 6.94. The Morgan fingerprint density at radius 3 is 2.35 bits per heavy atom. The monoisotopic (exact) mass is 413 g/mol. The second-order valence-electron chi connectivity index (χ2n) is 6.60. The highest BCUT2D eigenvalue weighted by atomic mass is 16.3. The van der Waals surface area contributed by atoms with Crippen LogP contribution in [0.4, 0.5) is 0 Å². The molecule has 0 aliphatic heterocycles. The van der Waals surface area contributed by atoms with Crippen LogP contribution < -0.4 is 10.9 Å². The van der Waals surface area contributed by atoms with Gasteiger partial charge in [-0.15, -0.1) is 0 Å². The Balaban J connectivity index is 1.37. The number of aromatic amines is 1. The Bertz CT molecular complexity index is 1370. The first-order chi connectivity index (χ1) is 15.2. The van der Waals surface area contributed by atoms with Gasteiger partial charge in [-0.3, -0.25) is 25.5 Å². The van der Waals surface area contributed by atoms with Crippen molar-refractivity contribution in [1.29, 1.82) is 0 Å². The second kappa shape index (κ2) is 7.64. The van der Waals surface area contributed by atoms with Crippen LogP contribution in [-0.4, -0.2) is 27.0 Å². The van der Waals surface area contributed by atoms with Crippen molar-refractivity contribution in [2.24, 2.45) is 0 Å². The van der Waals surface area contributed by atoms with Crippen molar-refractivity contribution in [1.82, 2.24) is 26.0 Å². The van der Waals surface area contributed by atoms with E-state index in [-0.39, 0.29) is 5.69 Å². The number of hydrogen-bond acceptors (Lipinski definition) is 6. The molecular formula is C22H15N5O4. The molecule has 9 heteroatoms. The lowest BCUT2D eigenvalue weighted by Crippen LogP contribution is -2.41. The normalized spacial score (nSPS) is 10.8. The first kappa shape index (κ1) is 18.4. The van der Waals surface area contributed by atoms with E-state index in [1.807, 2.05) is 12.1 Å². The number of fused-ring (bicyclic) bond motifs is 1. The van der Waals surface area contributed by atoms with Crippen LogP contribution in [0.3, 0.4) is 0 Å². The molecule has 5 rings (SSSR count). The zero-order valence-electron chi connectivity index (χ0n) is 16.0. The zero-order chi connectivity index (χ0) is 21.2. The van der Waals surface area contributed by atoms with Gasteiger partial charge in [0.05, 0.1) is 23.6 Å². The van der Waals surface area contributed by atoms with Gasteiger partial charge in [0.15, 0.2) is 17.2 Å². The zero-order valence-corrected chi connectivity index (χ0v) is 16.0. The molecule has 5 aromatic rings. The van der Waals surface area contributed by atoms with Gasteiger partial charge in [0.1, 0.15) is 11.4 Å². The molecule has 0 aliphatic rings. The summed E-state index contributed by atoms with van der Waals surface area (Å²) in [4.78, 5) is 29.8. The molecule has 0 bridgehead atoms. The number of carbonyl (C=O) groups is 2. The van der Waals surface area contributed by atoms with Crippen molar-refractivity contribution in [3.8, 4) is 22.9 Å². The fourth-order valence-electron chi connectivity index (χ4n) is 3.15. The molecule has 0 unspecified atom stereocenters. The van der Waals surface area contributed by atoms with Crippen LogP contribution in [0.1, 0.15) is 20.8 Å². The number of benzene rings is 1. The Kier molecular flexibility index (Phi) is 4.53. The number of para-hydroxylation sites is 1. The van der Waals surface area contributed by atoms with Gasteiger partial charge < -0.3 is 8.83 Å². The van der Waals surface area contributed by atoms with Crippen molar-refractivity contribution in [2.75, 3.05) is 0 Å². The number of carbonyl (C=O) groups excluding carboxylic acids is 2. The Labute approximate surface area is 175 Å². The quantitative estimate of drug-likeness (QED) is 0.387. The molecular weight excluding hydrogens is 398 g/mol. The predicted molar refractivity (Wildman–Crippen MR) is 111 cm³/mol. The van der Waals surface area contributed by atoms with Gasteiger partial charge in [-0.1, -0.05) is 18.2 Å². The summed E-state index contributed by atoms with van der Waals surface area (Å²) < 4.78 is 10.7. The van der Waals surface area contributed by atoms with E-state index < -0.39 is 11.8 Å². The number of pyridine rings is 1. The molecule has 4 heterocycles. The van der Waals surface area contributed by atoms with Crippen molar-refractivity contribution in [3.05, 3.63) is 84.4 Å². The summed E-state index contributed by atoms with van der Waals surface area (Å²) >= 11 is 0. The molecule has 1 aromatic carbocycles. The molecule has 0 saturated carbocycles. The number of aromatic nitrogens is 3. The number of nitrogens with zero attached hydrogens (tertiary/aromatic N) is 2. The largest absolute Gasteiger partial charge is 0.463 e. The third-order valence-electron chi connectivity index (χ3n) is 4.62. The minimum Gasteiger partial charge on any atom is -0.463 e. The molecule has 0 atom stereocenters. The number of hydrogen-bond donors (Lipinski definition) is 3. The molecule has 31 heavy (non-hydrogen) atoms. The highest BCUT2D eigenvalue weighted by Crippen LogP contribution is 2.25. The van der Waals surface area contributed by atoms with E-state index in [9.17, 15) is 9.59 Å². The van der Waals surface area contributed by atoms with E-state index in [0.717, 1.165) is 0 Å². The Morgan fingerprint density at radius 1 is 0.839 bits per heavy atom. The van der Waals surface area contributed by atoms with E-state index in [1.165, 1.54) is 18.6 Å². The number of H-pyrrole nitrogens is 1. The van der Waals surface area contributed by atoms with Crippen molar-refractivity contribution in [2.45, 2.75) is 0 Å². The number of rotatable bonds is 4. The lowest BCUT2D eigenvalue weighted by Gasteiger charge is -2.10. The number of furan rings is 2. The molecule has 0 spiro atoms. The van der Waals surface area contributed by atoms with Crippen LogP contribution in [0.25, 0.3) is 33.8 Å². The molecule has 9 nitrogen and oxygen atoms in total. The topological polar surface area (TPSA) is 126 Å². The van der Waals surface area contributed by atoms with Crippen LogP contribution >= 0.6 is 0 Å². The van der Waals surface area contributed by atoms with Crippen molar-refractivity contribution in [3.63, 3.8) is 0 Å². The van der Waals surface area contributed by atoms with E-state index in [1.54, 1.807) is 42.5 Å². The van der Waals surface area contributed by atoms with Gasteiger partial charge in [-0.2, -0.15) is 5.10 Å². The maximum absolute atomic E-state index is 12.9. The summed E-state index contributed by atoms with van der Waals surface area (Å²) in [5, 5.41) is 7.31. The van der Waals surface area contributed by atoms with E-state index >= 15 is 0 Å². The van der Waals surface area contributed by atoms with Gasteiger partial charge >= 0.3 is 0 Å². The lowest BCUT2D eigenvalue weighted by atomic mass is 10.1. The minimum atomic E-state index is -0.577. The van der Waals surface area contributed by atoms with Gasteiger partial charge in [-0.25, -0.2) is 4.98 Å². The van der Waals surface area contributed by atoms with Gasteiger partial charge in [0.2, 0.25) is 0 Å². The van der Waals surface area contributed by atoms with E-state index in [0.29, 0.717) is 39.4 Å². The smallest absolute Gasteiger partial charge is 0.290 e. The molecule has 3 N–H and O–H groups in total. The molecule has 4 aromatic heterocycles. The maximum atomic E-state index is 12.9. The fourth-order valence-corrected chi connectivity index (χ4v) is 3.15. The first-order valence-electron chi connectivity index (χ1n) is 9.33. The van der Waals surface area contributed by atoms with Crippen LogP contribution in [-0.2, 0) is 0 Å². The molecule has 0 radical (unpaired) electrons. The van der Waals surface area contributed by atoms with E-state index in [2.05, 4.69) is 26.0 Å². The molecule has 0 aliphatic carbocycles. The maximum Gasteiger partial charge on any atom is 0.290 e. The van der Waals surface area contributed by atoms with Crippen LogP contribution in [0, 0.1) is 0 Å². The van der Waals surface area contributed by atoms with Crippen LogP contribution in [0.15, 0.2) is 82.0 Å². The number of amides is 2. The highest BCUT2D eigenvalue weighted by molar-refractivity contribution is 6.08. The standard InChI is InChI=1S/C22H15N5O4/c28-21(26-27-22(29)18-12-17(24-25-18)20-8-4-10-31-20)14-11-16(19-7-3-9-30-19)23-15-6-2-1-5-13(14)15/h1-12H,(H,24,25)(H,26,28)(H,27,29). The van der Waals surface area contributed by atoms with Crippen molar-refractivity contribution < 1.29 is 18.4 Å². The third-order valence-corrected chi connectivity index (χ3v) is 4.62. The average molecular weight is 413 g/mol. The SMILES string of the molecule is O=C(NNC(=O)c1cc(-c2ccco2)nc2ccccc12)c1cc(-c2ccco2)[nH]n1. The molecule has 0 saturated heterocycles. The molecule has 152 valence electrons. The summed E-state index contributed by atoms with van der Waals surface area (Å²) in [6.07, 6.45) is 3.05. The van der Waals surface area contributed by atoms with Gasteiger partial charge in [0.25, 0.3) is 11.8 Å². The number of nitrogens with one attached hydrogen (secondary N) is 3. The summed E-state index contributed by atoms with van der Waals surface area (Å²) in [5.74, 6) is 0.00342. The summed E-state index contributed by atoms with van der Waals surface area (Å²) in [7, 11) is 0. The Morgan fingerprint density at radius 2 is 1.58 bits per heavy atom. The second-order valence-corrected chi connectivity index (χ2v) is 6.60. The summed E-state index contributed by atoms with van der Waals surface area (Å²) in [6.45, 7) is 0. The highest BCUT2D eigenvalue weighted by Gasteiger charge is 2.17. The average Bonchev–Trinajstić information content (AvgIpc) is 3.58. The molecule has 2 amide bonds. The third kappa shape index (κ3) is 3.55. The minimum absolute atomic E-state index is 0.0996. The van der Waals surface area contributed by atoms with Crippen LogP contribution in [0.2, 0.25) is 0 Å². The fraction of sp³-hybridized carbons (Fsp3) is 0. The predicted octanol–water partition coefficient (Wildman–Crippen LogP) is 3.55. The van der Waals surface area contributed by atoms with Gasteiger partial charge in [-0.05, 0) is 36.4 Å². The lowest BCUT2D eigenvalue weighted by molar-refractivity contribution is 0.0845. The van der Waals surface area contributed by atoms with Gasteiger partial charge in [0, 0.05) is 11.5 Å². The van der Waals surface area contributed by atoms with Crippen LogP contribution in [0.5, 0.6) is 0 Å². The van der Waals surface area contributed by atoms with Crippen molar-refractivity contribution >= 4 is 22.7 Å². The van der Waals surface area contributed by atoms with E-state index in [4.69, 9.17) is 8.83 Å². The number of hydrazine groups is 1. The Hall–Kier alpha value is -4.66. The first-order valence-corrected chi connectivity index (χ1v) is 9.33.